The molecule has 5 heteroatoms. The lowest BCUT2D eigenvalue weighted by Crippen LogP contribution is -2.24. The van der Waals surface area contributed by atoms with Gasteiger partial charge in [-0.1, -0.05) is 0 Å². The summed E-state index contributed by atoms with van der Waals surface area (Å²) in [6, 6.07) is 1.74. The number of nitrogens with two attached hydrogens (primary N) is 1. The third kappa shape index (κ3) is 4.01. The van der Waals surface area contributed by atoms with Gasteiger partial charge in [-0.05, 0) is 27.7 Å². The Morgan fingerprint density at radius 1 is 1.40 bits per heavy atom. The first kappa shape index (κ1) is 11.6. The van der Waals surface area contributed by atoms with E-state index in [0.29, 0.717) is 11.7 Å². The SMILES string of the molecule is CCNc1cc(OC(C)(C)C)nc(N)n1. The van der Waals surface area contributed by atoms with Crippen molar-refractivity contribution in [3.63, 3.8) is 0 Å². The Morgan fingerprint density at radius 2 is 2.07 bits per heavy atom. The van der Waals surface area contributed by atoms with E-state index in [4.69, 9.17) is 10.5 Å². The first-order chi connectivity index (χ1) is 6.90. The van der Waals surface area contributed by atoms with Gasteiger partial charge >= 0.3 is 0 Å². The zero-order chi connectivity index (χ0) is 11.5. The number of aromatic nitrogens is 2. The van der Waals surface area contributed by atoms with Crippen molar-refractivity contribution >= 4 is 11.8 Å². The van der Waals surface area contributed by atoms with Crippen LogP contribution in [0.4, 0.5) is 11.8 Å². The number of hydrogen-bond acceptors (Lipinski definition) is 5. The van der Waals surface area contributed by atoms with Gasteiger partial charge < -0.3 is 15.8 Å². The second kappa shape index (κ2) is 4.33. The zero-order valence-electron chi connectivity index (χ0n) is 9.66. The van der Waals surface area contributed by atoms with E-state index in [1.165, 1.54) is 0 Å². The summed E-state index contributed by atoms with van der Waals surface area (Å²) < 4.78 is 5.60. The largest absolute Gasteiger partial charge is 0.472 e. The molecule has 5 nitrogen and oxygen atoms in total. The standard InChI is InChI=1S/C10H18N4O/c1-5-12-7-6-8(14-9(11)13-7)15-10(2,3)4/h6H,5H2,1-4H3,(H3,11,12,13,14). The van der Waals surface area contributed by atoms with Crippen LogP contribution in [0.5, 0.6) is 5.88 Å². The Hall–Kier alpha value is -1.52. The van der Waals surface area contributed by atoms with Gasteiger partial charge in [0.15, 0.2) is 0 Å². The van der Waals surface area contributed by atoms with Gasteiger partial charge in [0, 0.05) is 12.6 Å². The molecule has 0 bridgehead atoms. The van der Waals surface area contributed by atoms with Crippen molar-refractivity contribution < 1.29 is 4.74 Å². The molecule has 0 aliphatic rings. The van der Waals surface area contributed by atoms with E-state index in [-0.39, 0.29) is 11.5 Å². The molecule has 15 heavy (non-hydrogen) atoms. The number of hydrogen-bond donors (Lipinski definition) is 2. The Labute approximate surface area is 90.1 Å². The quantitative estimate of drug-likeness (QED) is 0.793. The van der Waals surface area contributed by atoms with Crippen molar-refractivity contribution in [2.24, 2.45) is 0 Å². The average Bonchev–Trinajstić information content (AvgIpc) is 1.99. The maximum atomic E-state index is 5.60. The third-order valence-electron chi connectivity index (χ3n) is 1.49. The minimum absolute atomic E-state index is 0.215. The van der Waals surface area contributed by atoms with Crippen LogP contribution in [0, 0.1) is 0 Å². The van der Waals surface area contributed by atoms with E-state index >= 15 is 0 Å². The first-order valence-corrected chi connectivity index (χ1v) is 4.98. The van der Waals surface area contributed by atoms with E-state index in [0.717, 1.165) is 6.54 Å². The lowest BCUT2D eigenvalue weighted by Gasteiger charge is -2.20. The Balaban J connectivity index is 2.88. The molecule has 0 amide bonds. The summed E-state index contributed by atoms with van der Waals surface area (Å²) in [5, 5.41) is 3.06. The highest BCUT2D eigenvalue weighted by atomic mass is 16.5. The van der Waals surface area contributed by atoms with Crippen LogP contribution in [0.15, 0.2) is 6.07 Å². The predicted octanol–water partition coefficient (Wildman–Crippen LogP) is 1.67. The molecule has 84 valence electrons. The second-order valence-electron chi connectivity index (χ2n) is 4.19. The van der Waals surface area contributed by atoms with Crippen LogP contribution in [0.3, 0.4) is 0 Å². The smallest absolute Gasteiger partial charge is 0.225 e. The molecular weight excluding hydrogens is 192 g/mol. The monoisotopic (exact) mass is 210 g/mol. The van der Waals surface area contributed by atoms with Crippen molar-refractivity contribution in [2.75, 3.05) is 17.6 Å². The summed E-state index contributed by atoms with van der Waals surface area (Å²) in [7, 11) is 0. The first-order valence-electron chi connectivity index (χ1n) is 4.98. The average molecular weight is 210 g/mol. The number of nitrogens with zero attached hydrogens (tertiary/aromatic N) is 2. The molecular formula is C10H18N4O. The maximum Gasteiger partial charge on any atom is 0.225 e. The van der Waals surface area contributed by atoms with E-state index in [1.807, 2.05) is 27.7 Å². The lowest BCUT2D eigenvalue weighted by atomic mass is 10.2. The predicted molar refractivity (Wildman–Crippen MR) is 61.0 cm³/mol. The van der Waals surface area contributed by atoms with Crippen molar-refractivity contribution in [3.05, 3.63) is 6.07 Å². The fourth-order valence-corrected chi connectivity index (χ4v) is 1.08. The van der Waals surface area contributed by atoms with Gasteiger partial charge in [-0.3, -0.25) is 0 Å². The van der Waals surface area contributed by atoms with Crippen LogP contribution >= 0.6 is 0 Å². The molecule has 1 aromatic heterocycles. The molecule has 0 saturated heterocycles. The Morgan fingerprint density at radius 3 is 2.60 bits per heavy atom. The molecule has 0 spiro atoms. The molecule has 0 aliphatic carbocycles. The molecule has 1 aromatic rings. The molecule has 0 saturated carbocycles. The van der Waals surface area contributed by atoms with E-state index in [1.54, 1.807) is 6.07 Å². The highest BCUT2D eigenvalue weighted by molar-refractivity contribution is 5.42. The van der Waals surface area contributed by atoms with Gasteiger partial charge in [0.1, 0.15) is 11.4 Å². The minimum atomic E-state index is -0.287. The highest BCUT2D eigenvalue weighted by Crippen LogP contribution is 2.19. The van der Waals surface area contributed by atoms with Crippen LogP contribution in [0.1, 0.15) is 27.7 Å². The summed E-state index contributed by atoms with van der Waals surface area (Å²) in [4.78, 5) is 8.04. The van der Waals surface area contributed by atoms with E-state index < -0.39 is 0 Å². The van der Waals surface area contributed by atoms with Gasteiger partial charge in [0.05, 0.1) is 0 Å². The van der Waals surface area contributed by atoms with Gasteiger partial charge in [0.2, 0.25) is 11.8 Å². The molecule has 1 rings (SSSR count). The summed E-state index contributed by atoms with van der Waals surface area (Å²) >= 11 is 0. The topological polar surface area (TPSA) is 73.1 Å². The van der Waals surface area contributed by atoms with Crippen LogP contribution in [0.25, 0.3) is 0 Å². The van der Waals surface area contributed by atoms with E-state index in [2.05, 4.69) is 15.3 Å². The molecule has 0 atom stereocenters. The van der Waals surface area contributed by atoms with Crippen LogP contribution in [-0.2, 0) is 0 Å². The summed E-state index contributed by atoms with van der Waals surface area (Å²) in [6.07, 6.45) is 0. The molecule has 0 aliphatic heterocycles. The van der Waals surface area contributed by atoms with Crippen molar-refractivity contribution in [1.82, 2.24) is 9.97 Å². The summed E-state index contributed by atoms with van der Waals surface area (Å²) in [5.74, 6) is 1.39. The minimum Gasteiger partial charge on any atom is -0.472 e. The Bertz CT molecular complexity index is 333. The lowest BCUT2D eigenvalue weighted by molar-refractivity contribution is 0.124. The number of nitrogen functional groups attached to an aromatic ring is 1. The summed E-state index contributed by atoms with van der Waals surface area (Å²) in [6.45, 7) is 8.64. The number of anilines is 2. The number of ether oxygens (including phenoxy) is 1. The van der Waals surface area contributed by atoms with E-state index in [9.17, 15) is 0 Å². The molecule has 0 aromatic carbocycles. The maximum absolute atomic E-state index is 5.60. The van der Waals surface area contributed by atoms with Gasteiger partial charge in [-0.15, -0.1) is 0 Å². The molecule has 0 fully saturated rings. The van der Waals surface area contributed by atoms with Crippen molar-refractivity contribution in [2.45, 2.75) is 33.3 Å². The van der Waals surface area contributed by atoms with Gasteiger partial charge in [-0.2, -0.15) is 9.97 Å². The second-order valence-corrected chi connectivity index (χ2v) is 4.19. The molecule has 3 N–H and O–H groups in total. The third-order valence-corrected chi connectivity index (χ3v) is 1.49. The fourth-order valence-electron chi connectivity index (χ4n) is 1.08. The zero-order valence-corrected chi connectivity index (χ0v) is 9.66. The van der Waals surface area contributed by atoms with Crippen LogP contribution in [0.2, 0.25) is 0 Å². The Kier molecular flexibility index (Phi) is 3.34. The molecule has 0 unspecified atom stereocenters. The normalized spacial score (nSPS) is 11.2. The van der Waals surface area contributed by atoms with Gasteiger partial charge in [0.25, 0.3) is 0 Å². The number of nitrogens with one attached hydrogen (secondary N) is 1. The highest BCUT2D eigenvalue weighted by Gasteiger charge is 2.13. The number of rotatable bonds is 3. The molecule has 1 heterocycles. The summed E-state index contributed by atoms with van der Waals surface area (Å²) in [5.41, 5.74) is 5.28. The molecule has 0 radical (unpaired) electrons. The van der Waals surface area contributed by atoms with Gasteiger partial charge in [-0.25, -0.2) is 0 Å². The van der Waals surface area contributed by atoms with Crippen LogP contribution in [-0.4, -0.2) is 22.1 Å². The van der Waals surface area contributed by atoms with Crippen molar-refractivity contribution in [1.29, 1.82) is 0 Å². The van der Waals surface area contributed by atoms with Crippen LogP contribution < -0.4 is 15.8 Å². The fraction of sp³-hybridized carbons (Fsp3) is 0.600. The van der Waals surface area contributed by atoms with Crippen molar-refractivity contribution in [3.8, 4) is 5.88 Å².